The molecule has 5 heteroatoms. The molecule has 0 unspecified atom stereocenters. The van der Waals surface area contributed by atoms with E-state index in [1.165, 1.54) is 5.56 Å². The highest BCUT2D eigenvalue weighted by atomic mass is 79.9. The van der Waals surface area contributed by atoms with Gasteiger partial charge in [-0.1, -0.05) is 0 Å². The standard InChI is InChI=1S/C10H10BrN3S/c1-7-5-9(13-6-8(7)11)15-10-12-3-4-14(10)2/h3-6H,1-2H3. The molecule has 2 aromatic heterocycles. The van der Waals surface area contributed by atoms with E-state index >= 15 is 0 Å². The maximum absolute atomic E-state index is 4.32. The van der Waals surface area contributed by atoms with E-state index in [0.29, 0.717) is 0 Å². The van der Waals surface area contributed by atoms with Gasteiger partial charge in [-0.3, -0.25) is 0 Å². The quantitative estimate of drug-likeness (QED) is 0.849. The second-order valence-electron chi connectivity index (χ2n) is 3.19. The molecule has 2 heterocycles. The van der Waals surface area contributed by atoms with Crippen LogP contribution in [0.2, 0.25) is 0 Å². The Morgan fingerprint density at radius 3 is 2.80 bits per heavy atom. The van der Waals surface area contributed by atoms with E-state index in [0.717, 1.165) is 14.7 Å². The van der Waals surface area contributed by atoms with Gasteiger partial charge in [-0.15, -0.1) is 0 Å². The Morgan fingerprint density at radius 1 is 1.40 bits per heavy atom. The smallest absolute Gasteiger partial charge is 0.174 e. The van der Waals surface area contributed by atoms with E-state index in [2.05, 4.69) is 25.9 Å². The lowest BCUT2D eigenvalue weighted by Gasteiger charge is -2.02. The topological polar surface area (TPSA) is 30.7 Å². The van der Waals surface area contributed by atoms with Gasteiger partial charge in [0.2, 0.25) is 0 Å². The van der Waals surface area contributed by atoms with Crippen molar-refractivity contribution in [2.24, 2.45) is 7.05 Å². The van der Waals surface area contributed by atoms with Crippen LogP contribution in [-0.2, 0) is 7.05 Å². The SMILES string of the molecule is Cc1cc(Sc2nccn2C)ncc1Br. The van der Waals surface area contributed by atoms with Crippen molar-refractivity contribution in [1.82, 2.24) is 14.5 Å². The first-order valence-electron chi connectivity index (χ1n) is 4.44. The lowest BCUT2D eigenvalue weighted by molar-refractivity contribution is 0.788. The molecule has 15 heavy (non-hydrogen) atoms. The van der Waals surface area contributed by atoms with Crippen LogP contribution in [0.1, 0.15) is 5.56 Å². The summed E-state index contributed by atoms with van der Waals surface area (Å²) in [6.45, 7) is 2.05. The van der Waals surface area contributed by atoms with Crippen molar-refractivity contribution in [2.45, 2.75) is 17.1 Å². The lowest BCUT2D eigenvalue weighted by Crippen LogP contribution is -1.90. The molecule has 0 bridgehead atoms. The molecule has 0 atom stereocenters. The molecule has 0 N–H and O–H groups in total. The molecule has 2 aromatic rings. The second kappa shape index (κ2) is 4.37. The lowest BCUT2D eigenvalue weighted by atomic mass is 10.3. The van der Waals surface area contributed by atoms with Gasteiger partial charge in [-0.25, -0.2) is 9.97 Å². The fourth-order valence-corrected chi connectivity index (χ4v) is 2.18. The van der Waals surface area contributed by atoms with Gasteiger partial charge in [0.15, 0.2) is 5.16 Å². The van der Waals surface area contributed by atoms with Crippen LogP contribution in [-0.4, -0.2) is 14.5 Å². The molecule has 0 aliphatic heterocycles. The highest BCUT2D eigenvalue weighted by Crippen LogP contribution is 2.26. The number of hydrogen-bond acceptors (Lipinski definition) is 3. The summed E-state index contributed by atoms with van der Waals surface area (Å²) in [6, 6.07) is 2.05. The van der Waals surface area contributed by atoms with Crippen molar-refractivity contribution in [3.8, 4) is 0 Å². The zero-order valence-electron chi connectivity index (χ0n) is 8.44. The van der Waals surface area contributed by atoms with E-state index in [4.69, 9.17) is 0 Å². The van der Waals surface area contributed by atoms with Gasteiger partial charge in [-0.05, 0) is 46.2 Å². The molecule has 0 aliphatic carbocycles. The predicted octanol–water partition coefficient (Wildman–Crippen LogP) is 3.04. The van der Waals surface area contributed by atoms with E-state index in [-0.39, 0.29) is 0 Å². The molecule has 0 fully saturated rings. The monoisotopic (exact) mass is 283 g/mol. The molecule has 3 nitrogen and oxygen atoms in total. The number of aryl methyl sites for hydroxylation is 2. The average molecular weight is 284 g/mol. The van der Waals surface area contributed by atoms with Crippen LogP contribution < -0.4 is 0 Å². The summed E-state index contributed by atoms with van der Waals surface area (Å²) >= 11 is 4.99. The van der Waals surface area contributed by atoms with Crippen LogP contribution in [0.3, 0.4) is 0 Å². The van der Waals surface area contributed by atoms with Gasteiger partial charge < -0.3 is 4.57 Å². The third-order valence-corrected chi connectivity index (χ3v) is 3.83. The minimum Gasteiger partial charge on any atom is -0.329 e. The molecule has 0 amide bonds. The predicted molar refractivity (Wildman–Crippen MR) is 64.0 cm³/mol. The van der Waals surface area contributed by atoms with Gasteiger partial charge in [0.25, 0.3) is 0 Å². The Labute approximate surface area is 101 Å². The van der Waals surface area contributed by atoms with Gasteiger partial charge in [-0.2, -0.15) is 0 Å². The van der Waals surface area contributed by atoms with Crippen LogP contribution in [0.4, 0.5) is 0 Å². The molecular weight excluding hydrogens is 274 g/mol. The van der Waals surface area contributed by atoms with Gasteiger partial charge >= 0.3 is 0 Å². The van der Waals surface area contributed by atoms with Crippen molar-refractivity contribution in [3.05, 3.63) is 34.7 Å². The maximum atomic E-state index is 4.32. The number of halogens is 1. The molecule has 0 aromatic carbocycles. The largest absolute Gasteiger partial charge is 0.329 e. The molecule has 0 spiro atoms. The Kier molecular flexibility index (Phi) is 3.11. The molecule has 2 rings (SSSR count). The summed E-state index contributed by atoms with van der Waals surface area (Å²) in [5, 5.41) is 1.91. The first-order chi connectivity index (χ1) is 7.16. The maximum Gasteiger partial charge on any atom is 0.174 e. The highest BCUT2D eigenvalue weighted by molar-refractivity contribution is 9.10. The third-order valence-electron chi connectivity index (χ3n) is 1.99. The Morgan fingerprint density at radius 2 is 2.20 bits per heavy atom. The Bertz CT molecular complexity index is 481. The molecule has 78 valence electrons. The number of imidazole rings is 1. The highest BCUT2D eigenvalue weighted by Gasteiger charge is 2.04. The third kappa shape index (κ3) is 2.41. The minimum absolute atomic E-state index is 0.948. The second-order valence-corrected chi connectivity index (χ2v) is 5.04. The van der Waals surface area contributed by atoms with Crippen molar-refractivity contribution in [3.63, 3.8) is 0 Å². The fourth-order valence-electron chi connectivity index (χ4n) is 1.11. The average Bonchev–Trinajstić information content (AvgIpc) is 2.59. The zero-order chi connectivity index (χ0) is 10.8. The fraction of sp³-hybridized carbons (Fsp3) is 0.200. The van der Waals surface area contributed by atoms with Crippen molar-refractivity contribution < 1.29 is 0 Å². The van der Waals surface area contributed by atoms with Crippen molar-refractivity contribution >= 4 is 27.7 Å². The summed E-state index contributed by atoms with van der Waals surface area (Å²) in [4.78, 5) is 8.56. The summed E-state index contributed by atoms with van der Waals surface area (Å²) in [5.74, 6) is 0. The summed E-state index contributed by atoms with van der Waals surface area (Å²) in [5.41, 5.74) is 1.18. The number of nitrogens with zero attached hydrogens (tertiary/aromatic N) is 3. The summed E-state index contributed by atoms with van der Waals surface area (Å²) < 4.78 is 3.01. The molecule has 0 saturated heterocycles. The molecule has 0 saturated carbocycles. The molecule has 0 aliphatic rings. The van der Waals surface area contributed by atoms with E-state index in [1.807, 2.05) is 37.0 Å². The van der Waals surface area contributed by atoms with Crippen LogP contribution in [0, 0.1) is 6.92 Å². The van der Waals surface area contributed by atoms with Crippen LogP contribution >= 0.6 is 27.7 Å². The number of aromatic nitrogens is 3. The van der Waals surface area contributed by atoms with Gasteiger partial charge in [0, 0.05) is 30.1 Å². The first kappa shape index (κ1) is 10.7. The zero-order valence-corrected chi connectivity index (χ0v) is 10.8. The number of hydrogen-bond donors (Lipinski definition) is 0. The van der Waals surface area contributed by atoms with Crippen LogP contribution in [0.25, 0.3) is 0 Å². The van der Waals surface area contributed by atoms with Crippen molar-refractivity contribution in [2.75, 3.05) is 0 Å². The van der Waals surface area contributed by atoms with Crippen LogP contribution in [0.15, 0.2) is 39.3 Å². The number of rotatable bonds is 2. The Hall–Kier alpha value is -0.810. The molecular formula is C10H10BrN3S. The van der Waals surface area contributed by atoms with E-state index in [9.17, 15) is 0 Å². The summed E-state index contributed by atoms with van der Waals surface area (Å²) in [7, 11) is 1.97. The summed E-state index contributed by atoms with van der Waals surface area (Å²) in [6.07, 6.45) is 5.53. The first-order valence-corrected chi connectivity index (χ1v) is 6.05. The Balaban J connectivity index is 2.25. The normalized spacial score (nSPS) is 10.6. The van der Waals surface area contributed by atoms with Gasteiger partial charge in [0.05, 0.1) is 0 Å². The van der Waals surface area contributed by atoms with Gasteiger partial charge in [0.1, 0.15) is 5.03 Å². The van der Waals surface area contributed by atoms with E-state index < -0.39 is 0 Å². The number of pyridine rings is 1. The van der Waals surface area contributed by atoms with E-state index in [1.54, 1.807) is 18.0 Å². The minimum atomic E-state index is 0.948. The van der Waals surface area contributed by atoms with Crippen molar-refractivity contribution in [1.29, 1.82) is 0 Å². The van der Waals surface area contributed by atoms with Crippen LogP contribution in [0.5, 0.6) is 0 Å². The molecule has 0 radical (unpaired) electrons.